The van der Waals surface area contributed by atoms with Gasteiger partial charge in [-0.1, -0.05) is 24.3 Å². The van der Waals surface area contributed by atoms with Gasteiger partial charge in [0.1, 0.15) is 11.5 Å². The zero-order valence-electron chi connectivity index (χ0n) is 13.6. The molecule has 0 radical (unpaired) electrons. The highest BCUT2D eigenvalue weighted by molar-refractivity contribution is 5.29. The van der Waals surface area contributed by atoms with E-state index < -0.39 is 0 Å². The smallest absolute Gasteiger partial charge is 0.118 e. The maximum absolute atomic E-state index is 9.34. The molecular weight excluding hydrogens is 288 g/mol. The topological polar surface area (TPSA) is 38.7 Å². The number of aryl methyl sites for hydroxylation is 1. The number of aromatic hydroxyl groups is 1. The third-order valence-electron chi connectivity index (χ3n) is 4.53. The molecule has 23 heavy (non-hydrogen) atoms. The molecule has 1 N–H and O–H groups in total. The van der Waals surface area contributed by atoms with Gasteiger partial charge in [-0.05, 0) is 67.5 Å². The van der Waals surface area contributed by atoms with Crippen molar-refractivity contribution in [3.8, 4) is 11.5 Å². The number of rotatable bonds is 5. The van der Waals surface area contributed by atoms with Gasteiger partial charge < -0.3 is 14.6 Å². The molecule has 0 aliphatic carbocycles. The molecule has 0 saturated carbocycles. The van der Waals surface area contributed by atoms with E-state index in [0.717, 1.165) is 31.4 Å². The summed E-state index contributed by atoms with van der Waals surface area (Å²) in [6.45, 7) is 0. The Kier molecular flexibility index (Phi) is 5.19. The van der Waals surface area contributed by atoms with Crippen molar-refractivity contribution >= 4 is 0 Å². The van der Waals surface area contributed by atoms with E-state index in [0.29, 0.717) is 11.9 Å². The van der Waals surface area contributed by atoms with Crippen LogP contribution < -0.4 is 4.74 Å². The van der Waals surface area contributed by atoms with Crippen LogP contribution in [-0.2, 0) is 11.2 Å². The van der Waals surface area contributed by atoms with Crippen LogP contribution in [0.3, 0.4) is 0 Å². The molecule has 3 nitrogen and oxygen atoms in total. The van der Waals surface area contributed by atoms with E-state index in [1.807, 2.05) is 24.3 Å². The first-order chi connectivity index (χ1) is 11.2. The standard InChI is InChI=1S/C20H24O3/c1-22-18-13-8-16(9-14-18)20-4-2-3-19(23-20)12-7-15-5-10-17(21)11-6-15/h5-6,8-11,13-14,19-21H,2-4,7,12H2,1H3/t19-,20+/m1/s1. The summed E-state index contributed by atoms with van der Waals surface area (Å²) in [5, 5.41) is 9.34. The Labute approximate surface area is 137 Å². The maximum Gasteiger partial charge on any atom is 0.118 e. The second kappa shape index (κ2) is 7.51. The highest BCUT2D eigenvalue weighted by Crippen LogP contribution is 2.33. The van der Waals surface area contributed by atoms with Crippen LogP contribution in [0.1, 0.15) is 42.9 Å². The average molecular weight is 312 g/mol. The number of methoxy groups -OCH3 is 1. The van der Waals surface area contributed by atoms with Crippen molar-refractivity contribution in [3.63, 3.8) is 0 Å². The van der Waals surface area contributed by atoms with Gasteiger partial charge in [0.15, 0.2) is 0 Å². The van der Waals surface area contributed by atoms with Crippen LogP contribution in [0.15, 0.2) is 48.5 Å². The Morgan fingerprint density at radius 3 is 2.48 bits per heavy atom. The van der Waals surface area contributed by atoms with Gasteiger partial charge in [-0.2, -0.15) is 0 Å². The lowest BCUT2D eigenvalue weighted by Gasteiger charge is -2.30. The van der Waals surface area contributed by atoms with Crippen LogP contribution in [0.2, 0.25) is 0 Å². The van der Waals surface area contributed by atoms with Gasteiger partial charge in [-0.3, -0.25) is 0 Å². The van der Waals surface area contributed by atoms with E-state index in [4.69, 9.17) is 9.47 Å². The Balaban J connectivity index is 1.56. The zero-order chi connectivity index (χ0) is 16.1. The zero-order valence-corrected chi connectivity index (χ0v) is 13.6. The summed E-state index contributed by atoms with van der Waals surface area (Å²) >= 11 is 0. The van der Waals surface area contributed by atoms with Gasteiger partial charge >= 0.3 is 0 Å². The summed E-state index contributed by atoms with van der Waals surface area (Å²) in [5.41, 5.74) is 2.48. The van der Waals surface area contributed by atoms with Crippen molar-refractivity contribution in [2.75, 3.05) is 7.11 Å². The molecule has 0 aromatic heterocycles. The van der Waals surface area contributed by atoms with Crippen LogP contribution in [0.25, 0.3) is 0 Å². The predicted molar refractivity (Wildman–Crippen MR) is 90.9 cm³/mol. The van der Waals surface area contributed by atoms with E-state index in [2.05, 4.69) is 12.1 Å². The van der Waals surface area contributed by atoms with Crippen LogP contribution >= 0.6 is 0 Å². The summed E-state index contributed by atoms with van der Waals surface area (Å²) in [6.07, 6.45) is 5.94. The summed E-state index contributed by atoms with van der Waals surface area (Å²) in [5.74, 6) is 1.20. The van der Waals surface area contributed by atoms with Crippen LogP contribution in [0.4, 0.5) is 0 Å². The number of phenolic OH excluding ortho intramolecular Hbond substituents is 1. The molecule has 0 amide bonds. The van der Waals surface area contributed by atoms with E-state index >= 15 is 0 Å². The molecule has 1 aliphatic rings. The first-order valence-corrected chi connectivity index (χ1v) is 8.32. The van der Waals surface area contributed by atoms with Crippen molar-refractivity contribution in [1.29, 1.82) is 0 Å². The monoisotopic (exact) mass is 312 g/mol. The van der Waals surface area contributed by atoms with E-state index in [1.54, 1.807) is 19.2 Å². The molecule has 2 atom stereocenters. The minimum absolute atomic E-state index is 0.194. The minimum Gasteiger partial charge on any atom is -0.508 e. The Hall–Kier alpha value is -2.00. The molecule has 0 spiro atoms. The normalized spacial score (nSPS) is 21.1. The molecule has 2 aromatic rings. The maximum atomic E-state index is 9.34. The summed E-state index contributed by atoms with van der Waals surface area (Å²) in [7, 11) is 1.69. The number of ether oxygens (including phenoxy) is 2. The van der Waals surface area contributed by atoms with E-state index in [-0.39, 0.29) is 6.10 Å². The van der Waals surface area contributed by atoms with Gasteiger partial charge in [0.2, 0.25) is 0 Å². The van der Waals surface area contributed by atoms with Crippen LogP contribution in [0, 0.1) is 0 Å². The molecule has 0 unspecified atom stereocenters. The summed E-state index contributed by atoms with van der Waals surface area (Å²) in [6, 6.07) is 15.7. The van der Waals surface area contributed by atoms with Crippen molar-refractivity contribution in [2.45, 2.75) is 44.3 Å². The number of benzene rings is 2. The minimum atomic E-state index is 0.194. The molecule has 3 rings (SSSR count). The highest BCUT2D eigenvalue weighted by atomic mass is 16.5. The SMILES string of the molecule is COc1ccc([C@@H]2CCC[C@H](CCc3ccc(O)cc3)O2)cc1. The number of hydrogen-bond acceptors (Lipinski definition) is 3. The van der Waals surface area contributed by atoms with Crippen molar-refractivity contribution in [3.05, 3.63) is 59.7 Å². The molecule has 2 aromatic carbocycles. The Bertz CT molecular complexity index is 604. The average Bonchev–Trinajstić information content (AvgIpc) is 2.61. The van der Waals surface area contributed by atoms with Gasteiger partial charge in [0.25, 0.3) is 0 Å². The summed E-state index contributed by atoms with van der Waals surface area (Å²) < 4.78 is 11.5. The molecule has 1 heterocycles. The fourth-order valence-electron chi connectivity index (χ4n) is 3.17. The van der Waals surface area contributed by atoms with Crippen molar-refractivity contribution < 1.29 is 14.6 Å². The molecule has 1 fully saturated rings. The first-order valence-electron chi connectivity index (χ1n) is 8.32. The predicted octanol–water partition coefficient (Wildman–Crippen LogP) is 4.64. The largest absolute Gasteiger partial charge is 0.508 e. The fourth-order valence-corrected chi connectivity index (χ4v) is 3.17. The molecule has 0 bridgehead atoms. The van der Waals surface area contributed by atoms with Gasteiger partial charge in [0, 0.05) is 0 Å². The van der Waals surface area contributed by atoms with Gasteiger partial charge in [-0.25, -0.2) is 0 Å². The first kappa shape index (κ1) is 15.9. The number of phenols is 1. The lowest BCUT2D eigenvalue weighted by atomic mass is 9.95. The van der Waals surface area contributed by atoms with Crippen molar-refractivity contribution in [1.82, 2.24) is 0 Å². The molecule has 1 saturated heterocycles. The third-order valence-corrected chi connectivity index (χ3v) is 4.53. The Morgan fingerprint density at radius 2 is 1.78 bits per heavy atom. The summed E-state index contributed by atoms with van der Waals surface area (Å²) in [4.78, 5) is 0. The van der Waals surface area contributed by atoms with E-state index in [9.17, 15) is 5.11 Å². The lowest BCUT2D eigenvalue weighted by molar-refractivity contribution is -0.0546. The van der Waals surface area contributed by atoms with Gasteiger partial charge in [0.05, 0.1) is 19.3 Å². The number of hydrogen-bond donors (Lipinski definition) is 1. The van der Waals surface area contributed by atoms with Crippen LogP contribution in [0.5, 0.6) is 11.5 Å². The quantitative estimate of drug-likeness (QED) is 0.874. The van der Waals surface area contributed by atoms with Crippen molar-refractivity contribution in [2.24, 2.45) is 0 Å². The molecule has 3 heteroatoms. The lowest BCUT2D eigenvalue weighted by Crippen LogP contribution is -2.23. The fraction of sp³-hybridized carbons (Fsp3) is 0.400. The molecule has 122 valence electrons. The Morgan fingerprint density at radius 1 is 1.04 bits per heavy atom. The van der Waals surface area contributed by atoms with Crippen LogP contribution in [-0.4, -0.2) is 18.3 Å². The second-order valence-electron chi connectivity index (χ2n) is 6.16. The highest BCUT2D eigenvalue weighted by Gasteiger charge is 2.23. The van der Waals surface area contributed by atoms with Gasteiger partial charge in [-0.15, -0.1) is 0 Å². The third kappa shape index (κ3) is 4.26. The van der Waals surface area contributed by atoms with E-state index in [1.165, 1.54) is 17.5 Å². The molecule has 1 aliphatic heterocycles. The second-order valence-corrected chi connectivity index (χ2v) is 6.16. The molecular formula is C20H24O3.